The highest BCUT2D eigenvalue weighted by atomic mass is 32.2. The van der Waals surface area contributed by atoms with Crippen LogP contribution in [0.4, 0.5) is 5.69 Å². The van der Waals surface area contributed by atoms with Gasteiger partial charge < -0.3 is 14.8 Å². The molecule has 4 rings (SSSR count). The molecular weight excluding hydrogens is 406 g/mol. The predicted octanol–water partition coefficient (Wildman–Crippen LogP) is 5.87. The van der Waals surface area contributed by atoms with Crippen LogP contribution in [0.3, 0.4) is 0 Å². The molecular formula is C26H27NO3S. The van der Waals surface area contributed by atoms with Gasteiger partial charge in [0.25, 0.3) is 0 Å². The molecule has 160 valence electrons. The number of rotatable bonds is 8. The summed E-state index contributed by atoms with van der Waals surface area (Å²) in [5.41, 5.74) is 4.15. The Morgan fingerprint density at radius 3 is 2.35 bits per heavy atom. The monoisotopic (exact) mass is 433 g/mol. The summed E-state index contributed by atoms with van der Waals surface area (Å²) in [4.78, 5) is 12.9. The molecule has 3 aromatic rings. The number of fused-ring (bicyclic) bond motifs is 1. The van der Waals surface area contributed by atoms with Crippen molar-refractivity contribution in [3.05, 3.63) is 89.5 Å². The smallest absolute Gasteiger partial charge is 0.234 e. The normalized spacial score (nSPS) is 14.7. The van der Waals surface area contributed by atoms with E-state index in [0.29, 0.717) is 23.8 Å². The van der Waals surface area contributed by atoms with Crippen LogP contribution in [-0.4, -0.2) is 24.4 Å². The van der Waals surface area contributed by atoms with Crippen LogP contribution in [0.1, 0.15) is 35.8 Å². The molecule has 0 saturated carbocycles. The number of carbonyl (C=O) groups excluding carboxylic acids is 1. The first kappa shape index (κ1) is 21.3. The zero-order valence-electron chi connectivity index (χ0n) is 17.8. The number of benzene rings is 3. The van der Waals surface area contributed by atoms with Crippen molar-refractivity contribution in [2.45, 2.75) is 31.6 Å². The molecule has 1 aliphatic heterocycles. The number of anilines is 1. The van der Waals surface area contributed by atoms with Gasteiger partial charge in [0.2, 0.25) is 5.91 Å². The van der Waals surface area contributed by atoms with E-state index in [-0.39, 0.29) is 17.3 Å². The first-order valence-corrected chi connectivity index (χ1v) is 11.7. The van der Waals surface area contributed by atoms with Crippen molar-refractivity contribution >= 4 is 23.4 Å². The van der Waals surface area contributed by atoms with Crippen molar-refractivity contribution < 1.29 is 14.3 Å². The summed E-state index contributed by atoms with van der Waals surface area (Å²) >= 11 is 1.62. The second kappa shape index (κ2) is 9.92. The molecule has 0 radical (unpaired) electrons. The van der Waals surface area contributed by atoms with Crippen molar-refractivity contribution in [1.29, 1.82) is 0 Å². The fraction of sp³-hybridized carbons (Fsp3) is 0.269. The van der Waals surface area contributed by atoms with Gasteiger partial charge in [0.15, 0.2) is 0 Å². The van der Waals surface area contributed by atoms with Gasteiger partial charge in [0.1, 0.15) is 17.6 Å². The van der Waals surface area contributed by atoms with Gasteiger partial charge in [0, 0.05) is 18.1 Å². The Bertz CT molecular complexity index is 984. The van der Waals surface area contributed by atoms with Crippen molar-refractivity contribution in [2.24, 2.45) is 0 Å². The predicted molar refractivity (Wildman–Crippen MR) is 127 cm³/mol. The molecule has 1 aliphatic rings. The molecule has 1 N–H and O–H groups in total. The third-order valence-electron chi connectivity index (χ3n) is 5.16. The molecule has 0 aliphatic carbocycles. The number of amides is 1. The summed E-state index contributed by atoms with van der Waals surface area (Å²) in [5, 5.41) is 3.12. The Labute approximate surface area is 188 Å². The quantitative estimate of drug-likeness (QED) is 0.483. The minimum absolute atomic E-state index is 0.0613. The Morgan fingerprint density at radius 1 is 1.10 bits per heavy atom. The zero-order valence-corrected chi connectivity index (χ0v) is 18.7. The fourth-order valence-electron chi connectivity index (χ4n) is 3.80. The van der Waals surface area contributed by atoms with Crippen molar-refractivity contribution in [3.8, 4) is 11.5 Å². The maximum Gasteiger partial charge on any atom is 0.234 e. The lowest BCUT2D eigenvalue weighted by atomic mass is 10.0. The van der Waals surface area contributed by atoms with E-state index in [9.17, 15) is 4.79 Å². The molecule has 31 heavy (non-hydrogen) atoms. The van der Waals surface area contributed by atoms with E-state index in [2.05, 4.69) is 29.6 Å². The molecule has 3 aromatic carbocycles. The van der Waals surface area contributed by atoms with Gasteiger partial charge in [-0.2, -0.15) is 0 Å². The zero-order chi connectivity index (χ0) is 21.6. The lowest BCUT2D eigenvalue weighted by molar-refractivity contribution is -0.113. The minimum atomic E-state index is -0.0613. The number of carbonyl (C=O) groups is 1. The highest BCUT2D eigenvalue weighted by molar-refractivity contribution is 8.00. The van der Waals surface area contributed by atoms with E-state index >= 15 is 0 Å². The Kier molecular flexibility index (Phi) is 6.82. The summed E-state index contributed by atoms with van der Waals surface area (Å²) < 4.78 is 11.6. The lowest BCUT2D eigenvalue weighted by Crippen LogP contribution is -2.16. The molecule has 1 amide bonds. The second-order valence-corrected chi connectivity index (χ2v) is 8.68. The van der Waals surface area contributed by atoms with E-state index in [1.807, 2.05) is 62.4 Å². The topological polar surface area (TPSA) is 47.6 Å². The molecule has 0 bridgehead atoms. The summed E-state index contributed by atoms with van der Waals surface area (Å²) in [6.07, 6.45) is 0.999. The van der Waals surface area contributed by atoms with Crippen LogP contribution >= 0.6 is 11.8 Å². The molecule has 0 saturated heterocycles. The minimum Gasteiger partial charge on any atom is -0.492 e. The number of thioether (sulfide) groups is 1. The molecule has 0 spiro atoms. The molecule has 1 unspecified atom stereocenters. The van der Waals surface area contributed by atoms with Gasteiger partial charge in [0.05, 0.1) is 23.3 Å². The SMILES string of the molecule is CCOc1cc2c(cc1NC(=O)CSC(c1ccccc1)c1ccccc1)OC(C)C2. The van der Waals surface area contributed by atoms with Crippen LogP contribution in [0.25, 0.3) is 0 Å². The summed E-state index contributed by atoms with van der Waals surface area (Å²) in [5.74, 6) is 1.79. The highest BCUT2D eigenvalue weighted by Crippen LogP contribution is 2.39. The molecule has 5 heteroatoms. The average molecular weight is 434 g/mol. The van der Waals surface area contributed by atoms with Crippen LogP contribution in [-0.2, 0) is 11.2 Å². The van der Waals surface area contributed by atoms with E-state index in [1.165, 1.54) is 11.1 Å². The van der Waals surface area contributed by atoms with Crippen LogP contribution in [0.15, 0.2) is 72.8 Å². The van der Waals surface area contributed by atoms with Gasteiger partial charge in [-0.25, -0.2) is 0 Å². The van der Waals surface area contributed by atoms with Crippen LogP contribution in [0, 0.1) is 0 Å². The average Bonchev–Trinajstić information content (AvgIpc) is 3.14. The third kappa shape index (κ3) is 5.23. The Hall–Kier alpha value is -2.92. The maximum absolute atomic E-state index is 12.9. The summed E-state index contributed by atoms with van der Waals surface area (Å²) in [6.45, 7) is 4.53. The number of ether oxygens (including phenoxy) is 2. The van der Waals surface area contributed by atoms with Crippen molar-refractivity contribution in [3.63, 3.8) is 0 Å². The van der Waals surface area contributed by atoms with Gasteiger partial charge in [-0.3, -0.25) is 4.79 Å². The van der Waals surface area contributed by atoms with Crippen LogP contribution < -0.4 is 14.8 Å². The first-order chi connectivity index (χ1) is 15.1. The standard InChI is InChI=1S/C26H27NO3S/c1-3-29-24-15-21-14-18(2)30-23(21)16-22(24)27-25(28)17-31-26(19-10-6-4-7-11-19)20-12-8-5-9-13-20/h4-13,15-16,18,26H,3,14,17H2,1-2H3,(H,27,28). The third-order valence-corrected chi connectivity index (χ3v) is 6.46. The van der Waals surface area contributed by atoms with Crippen LogP contribution in [0.2, 0.25) is 0 Å². The van der Waals surface area contributed by atoms with E-state index < -0.39 is 0 Å². The Morgan fingerprint density at radius 2 is 1.74 bits per heavy atom. The molecule has 0 fully saturated rings. The van der Waals surface area contributed by atoms with Crippen molar-refractivity contribution in [2.75, 3.05) is 17.7 Å². The highest BCUT2D eigenvalue weighted by Gasteiger charge is 2.23. The van der Waals surface area contributed by atoms with Gasteiger partial charge in [-0.1, -0.05) is 60.7 Å². The summed E-state index contributed by atoms with van der Waals surface area (Å²) in [7, 11) is 0. The molecule has 0 aromatic heterocycles. The van der Waals surface area contributed by atoms with Crippen molar-refractivity contribution in [1.82, 2.24) is 0 Å². The van der Waals surface area contributed by atoms with Gasteiger partial charge >= 0.3 is 0 Å². The molecule has 1 atom stereocenters. The fourth-order valence-corrected chi connectivity index (χ4v) is 4.89. The Balaban J connectivity index is 1.49. The molecule has 4 nitrogen and oxygen atoms in total. The lowest BCUT2D eigenvalue weighted by Gasteiger charge is -2.18. The van der Waals surface area contributed by atoms with Gasteiger partial charge in [-0.05, 0) is 31.0 Å². The summed E-state index contributed by atoms with van der Waals surface area (Å²) in [6, 6.07) is 24.5. The molecule has 1 heterocycles. The van der Waals surface area contributed by atoms with E-state index in [4.69, 9.17) is 9.47 Å². The van der Waals surface area contributed by atoms with Crippen LogP contribution in [0.5, 0.6) is 11.5 Å². The van der Waals surface area contributed by atoms with E-state index in [1.54, 1.807) is 11.8 Å². The number of hydrogen-bond donors (Lipinski definition) is 1. The number of hydrogen-bond acceptors (Lipinski definition) is 4. The largest absolute Gasteiger partial charge is 0.492 e. The first-order valence-electron chi connectivity index (χ1n) is 10.6. The van der Waals surface area contributed by atoms with Gasteiger partial charge in [-0.15, -0.1) is 11.8 Å². The van der Waals surface area contributed by atoms with E-state index in [0.717, 1.165) is 17.7 Å². The second-order valence-electron chi connectivity index (χ2n) is 7.58. The maximum atomic E-state index is 12.9. The number of nitrogens with one attached hydrogen (secondary N) is 1.